The molecule has 0 bridgehead atoms. The number of carbonyl (C=O) groups is 1. The molecule has 0 unspecified atom stereocenters. The maximum absolute atomic E-state index is 12.2. The summed E-state index contributed by atoms with van der Waals surface area (Å²) in [6.45, 7) is 4.15. The van der Waals surface area contributed by atoms with E-state index in [-0.39, 0.29) is 17.2 Å². The summed E-state index contributed by atoms with van der Waals surface area (Å²) in [6.07, 6.45) is 0. The van der Waals surface area contributed by atoms with Gasteiger partial charge in [0.1, 0.15) is 5.75 Å². The van der Waals surface area contributed by atoms with Crippen LogP contribution in [0.3, 0.4) is 0 Å². The molecule has 0 aromatic heterocycles. The molecule has 2 aromatic carbocycles. The third-order valence-electron chi connectivity index (χ3n) is 4.14. The van der Waals surface area contributed by atoms with Crippen molar-refractivity contribution in [1.82, 2.24) is 4.90 Å². The topological polar surface area (TPSA) is 55.8 Å². The summed E-state index contributed by atoms with van der Waals surface area (Å²) >= 11 is 0. The van der Waals surface area contributed by atoms with E-state index in [1.54, 1.807) is 18.2 Å². The van der Waals surface area contributed by atoms with E-state index in [0.717, 1.165) is 31.9 Å². The lowest BCUT2D eigenvalue weighted by molar-refractivity contribution is 0.102. The van der Waals surface area contributed by atoms with Crippen molar-refractivity contribution in [2.24, 2.45) is 0 Å². The number of carbonyl (C=O) groups excluding carboxylic acids is 1. The average Bonchev–Trinajstić information content (AvgIpc) is 2.57. The second-order valence-electron chi connectivity index (χ2n) is 5.81. The molecule has 1 fully saturated rings. The molecule has 1 heterocycles. The van der Waals surface area contributed by atoms with E-state index >= 15 is 0 Å². The zero-order valence-corrected chi connectivity index (χ0v) is 13.2. The smallest absolute Gasteiger partial charge is 0.259 e. The molecule has 1 aliphatic heterocycles. The molecule has 0 spiro atoms. The van der Waals surface area contributed by atoms with Gasteiger partial charge in [0.25, 0.3) is 5.91 Å². The van der Waals surface area contributed by atoms with Gasteiger partial charge in [-0.25, -0.2) is 0 Å². The van der Waals surface area contributed by atoms with Gasteiger partial charge in [-0.2, -0.15) is 0 Å². The Kier molecular flexibility index (Phi) is 4.48. The molecule has 0 radical (unpaired) electrons. The number of amides is 1. The van der Waals surface area contributed by atoms with Crippen LogP contribution >= 0.6 is 0 Å². The third kappa shape index (κ3) is 3.63. The Labute approximate surface area is 136 Å². The number of hydrogen-bond donors (Lipinski definition) is 2. The second kappa shape index (κ2) is 6.71. The van der Waals surface area contributed by atoms with Crippen molar-refractivity contribution < 1.29 is 9.90 Å². The number of phenols is 1. The number of para-hydroxylation sites is 1. The van der Waals surface area contributed by atoms with E-state index in [4.69, 9.17) is 0 Å². The van der Waals surface area contributed by atoms with Gasteiger partial charge in [-0.05, 0) is 43.4 Å². The second-order valence-corrected chi connectivity index (χ2v) is 5.81. The Morgan fingerprint density at radius 3 is 2.30 bits per heavy atom. The van der Waals surface area contributed by atoms with Crippen molar-refractivity contribution in [3.05, 3.63) is 54.1 Å². The number of hydrogen-bond acceptors (Lipinski definition) is 4. The molecule has 2 aromatic rings. The highest BCUT2D eigenvalue weighted by atomic mass is 16.3. The monoisotopic (exact) mass is 311 g/mol. The third-order valence-corrected chi connectivity index (χ3v) is 4.14. The lowest BCUT2D eigenvalue weighted by Gasteiger charge is -2.34. The summed E-state index contributed by atoms with van der Waals surface area (Å²) in [5.41, 5.74) is 2.16. The van der Waals surface area contributed by atoms with Crippen LogP contribution in [0.2, 0.25) is 0 Å². The maximum Gasteiger partial charge on any atom is 0.259 e. The first-order valence-electron chi connectivity index (χ1n) is 7.76. The van der Waals surface area contributed by atoms with Crippen LogP contribution in [0.1, 0.15) is 10.4 Å². The van der Waals surface area contributed by atoms with E-state index in [0.29, 0.717) is 0 Å². The Morgan fingerprint density at radius 2 is 1.65 bits per heavy atom. The van der Waals surface area contributed by atoms with Crippen molar-refractivity contribution in [1.29, 1.82) is 0 Å². The number of rotatable bonds is 3. The minimum atomic E-state index is -0.310. The van der Waals surface area contributed by atoms with Gasteiger partial charge >= 0.3 is 0 Å². The molecule has 1 aliphatic rings. The number of anilines is 2. The van der Waals surface area contributed by atoms with Gasteiger partial charge in [0.05, 0.1) is 5.56 Å². The van der Waals surface area contributed by atoms with Crippen LogP contribution in [0.25, 0.3) is 0 Å². The van der Waals surface area contributed by atoms with E-state index in [9.17, 15) is 9.90 Å². The number of piperazine rings is 1. The lowest BCUT2D eigenvalue weighted by Crippen LogP contribution is -2.44. The number of aromatic hydroxyl groups is 1. The summed E-state index contributed by atoms with van der Waals surface area (Å²) in [4.78, 5) is 16.8. The summed E-state index contributed by atoms with van der Waals surface area (Å²) in [5.74, 6) is -0.325. The maximum atomic E-state index is 12.2. The highest BCUT2D eigenvalue weighted by molar-refractivity contribution is 6.06. The minimum Gasteiger partial charge on any atom is -0.507 e. The molecular formula is C18H21N3O2. The van der Waals surface area contributed by atoms with Crippen LogP contribution in [-0.4, -0.2) is 49.1 Å². The van der Waals surface area contributed by atoms with Crippen molar-refractivity contribution in [2.45, 2.75) is 0 Å². The predicted molar refractivity (Wildman–Crippen MR) is 92.2 cm³/mol. The molecule has 1 saturated heterocycles. The van der Waals surface area contributed by atoms with Gasteiger partial charge < -0.3 is 20.2 Å². The van der Waals surface area contributed by atoms with Crippen LogP contribution in [0.4, 0.5) is 11.4 Å². The molecule has 1 amide bonds. The normalized spacial score (nSPS) is 15.4. The highest BCUT2D eigenvalue weighted by Gasteiger charge is 2.14. The zero-order valence-electron chi connectivity index (χ0n) is 13.2. The molecule has 3 rings (SSSR count). The fourth-order valence-electron chi connectivity index (χ4n) is 2.68. The standard InChI is InChI=1S/C18H21N3O2/c1-20-10-12-21(13-11-20)15-8-6-14(7-9-15)19-18(23)16-4-2-3-5-17(16)22/h2-9,22H,10-13H2,1H3,(H,19,23). The Morgan fingerprint density at radius 1 is 1.00 bits per heavy atom. The molecule has 0 saturated carbocycles. The minimum absolute atomic E-state index is 0.0148. The number of nitrogens with one attached hydrogen (secondary N) is 1. The lowest BCUT2D eigenvalue weighted by atomic mass is 10.2. The molecule has 5 nitrogen and oxygen atoms in total. The summed E-state index contributed by atoms with van der Waals surface area (Å²) in [5, 5.41) is 12.5. The van der Waals surface area contributed by atoms with Gasteiger partial charge in [0.15, 0.2) is 0 Å². The average molecular weight is 311 g/mol. The highest BCUT2D eigenvalue weighted by Crippen LogP contribution is 2.21. The first-order valence-corrected chi connectivity index (χ1v) is 7.76. The molecule has 2 N–H and O–H groups in total. The number of benzene rings is 2. The first kappa shape index (κ1) is 15.4. The molecule has 120 valence electrons. The van der Waals surface area contributed by atoms with Crippen LogP contribution in [-0.2, 0) is 0 Å². The zero-order chi connectivity index (χ0) is 16.2. The van der Waals surface area contributed by atoms with E-state index < -0.39 is 0 Å². The number of likely N-dealkylation sites (N-methyl/N-ethyl adjacent to an activating group) is 1. The van der Waals surface area contributed by atoms with Crippen LogP contribution in [0.15, 0.2) is 48.5 Å². The predicted octanol–water partition coefficient (Wildman–Crippen LogP) is 2.40. The van der Waals surface area contributed by atoms with Crippen LogP contribution in [0, 0.1) is 0 Å². The molecule has 0 atom stereocenters. The van der Waals surface area contributed by atoms with E-state index in [1.807, 2.05) is 24.3 Å². The van der Waals surface area contributed by atoms with Gasteiger partial charge in [0.2, 0.25) is 0 Å². The van der Waals surface area contributed by atoms with Crippen molar-refractivity contribution in [3.8, 4) is 5.75 Å². The number of nitrogens with zero attached hydrogens (tertiary/aromatic N) is 2. The SMILES string of the molecule is CN1CCN(c2ccc(NC(=O)c3ccccc3O)cc2)CC1. The van der Waals surface area contributed by atoms with Crippen molar-refractivity contribution in [3.63, 3.8) is 0 Å². The quantitative estimate of drug-likeness (QED) is 0.914. The number of phenolic OH excluding ortho intramolecular Hbond substituents is 1. The van der Waals surface area contributed by atoms with Gasteiger partial charge in [-0.3, -0.25) is 4.79 Å². The van der Waals surface area contributed by atoms with Crippen LogP contribution in [0.5, 0.6) is 5.75 Å². The summed E-state index contributed by atoms with van der Waals surface area (Å²) < 4.78 is 0. The van der Waals surface area contributed by atoms with E-state index in [2.05, 4.69) is 22.2 Å². The molecule has 0 aliphatic carbocycles. The van der Waals surface area contributed by atoms with Crippen LogP contribution < -0.4 is 10.2 Å². The van der Waals surface area contributed by atoms with E-state index in [1.165, 1.54) is 11.8 Å². The molecule has 23 heavy (non-hydrogen) atoms. The molecule has 5 heteroatoms. The first-order chi connectivity index (χ1) is 11.1. The molecular weight excluding hydrogens is 290 g/mol. The Hall–Kier alpha value is -2.53. The Balaban J connectivity index is 1.66. The summed E-state index contributed by atoms with van der Waals surface area (Å²) in [7, 11) is 2.13. The summed E-state index contributed by atoms with van der Waals surface area (Å²) in [6, 6.07) is 14.4. The fourth-order valence-corrected chi connectivity index (χ4v) is 2.68. The van der Waals surface area contributed by atoms with Crippen molar-refractivity contribution in [2.75, 3.05) is 43.4 Å². The Bertz CT molecular complexity index is 677. The van der Waals surface area contributed by atoms with Gasteiger partial charge in [-0.15, -0.1) is 0 Å². The fraction of sp³-hybridized carbons (Fsp3) is 0.278. The van der Waals surface area contributed by atoms with Gasteiger partial charge in [-0.1, -0.05) is 12.1 Å². The van der Waals surface area contributed by atoms with Gasteiger partial charge in [0, 0.05) is 37.6 Å². The largest absolute Gasteiger partial charge is 0.507 e. The van der Waals surface area contributed by atoms with Crippen molar-refractivity contribution >= 4 is 17.3 Å².